The second-order valence-electron chi connectivity index (χ2n) is 3.56. The van der Waals surface area contributed by atoms with Crippen molar-refractivity contribution in [1.82, 2.24) is 4.90 Å². The van der Waals surface area contributed by atoms with Crippen LogP contribution >= 0.6 is 0 Å². The summed E-state index contributed by atoms with van der Waals surface area (Å²) in [5, 5.41) is 8.55. The zero-order valence-electron chi connectivity index (χ0n) is 9.32. The van der Waals surface area contributed by atoms with Crippen molar-refractivity contribution in [2.24, 2.45) is 0 Å². The van der Waals surface area contributed by atoms with E-state index in [-0.39, 0.29) is 18.6 Å². The van der Waals surface area contributed by atoms with E-state index in [0.29, 0.717) is 26.0 Å². The summed E-state index contributed by atoms with van der Waals surface area (Å²) in [6.07, 6.45) is 1.15. The summed E-state index contributed by atoms with van der Waals surface area (Å²) in [6, 6.07) is 0. The third kappa shape index (κ3) is 6.86. The highest BCUT2D eigenvalue weighted by Crippen LogP contribution is 1.95. The minimum absolute atomic E-state index is 0.0615. The SMILES string of the molecule is CC(C)OCCN(C)C(=O)CCCO. The molecule has 0 aromatic carbocycles. The Balaban J connectivity index is 3.51. The molecule has 0 unspecified atom stereocenters. The number of hydrogen-bond acceptors (Lipinski definition) is 3. The maximum absolute atomic E-state index is 11.3. The normalized spacial score (nSPS) is 10.6. The molecule has 4 heteroatoms. The third-order valence-corrected chi connectivity index (χ3v) is 1.85. The number of nitrogens with zero attached hydrogens (tertiary/aromatic N) is 1. The van der Waals surface area contributed by atoms with Crippen molar-refractivity contribution in [2.45, 2.75) is 32.8 Å². The number of ether oxygens (including phenoxy) is 1. The lowest BCUT2D eigenvalue weighted by Gasteiger charge is -2.17. The summed E-state index contributed by atoms with van der Waals surface area (Å²) in [4.78, 5) is 13.0. The van der Waals surface area contributed by atoms with E-state index in [1.807, 2.05) is 13.8 Å². The fourth-order valence-corrected chi connectivity index (χ4v) is 0.971. The monoisotopic (exact) mass is 203 g/mol. The van der Waals surface area contributed by atoms with Crippen LogP contribution in [0.4, 0.5) is 0 Å². The molecule has 0 atom stereocenters. The van der Waals surface area contributed by atoms with Gasteiger partial charge in [0.2, 0.25) is 5.91 Å². The van der Waals surface area contributed by atoms with E-state index in [0.717, 1.165) is 0 Å². The molecule has 0 saturated carbocycles. The summed E-state index contributed by atoms with van der Waals surface area (Å²) >= 11 is 0. The van der Waals surface area contributed by atoms with Gasteiger partial charge in [-0.3, -0.25) is 4.79 Å². The topological polar surface area (TPSA) is 49.8 Å². The lowest BCUT2D eigenvalue weighted by atomic mass is 10.3. The van der Waals surface area contributed by atoms with Crippen LogP contribution in [0.15, 0.2) is 0 Å². The predicted octanol–water partition coefficient (Wildman–Crippen LogP) is 0.642. The molecule has 0 rings (SSSR count). The molecule has 14 heavy (non-hydrogen) atoms. The Morgan fingerprint density at radius 2 is 2.14 bits per heavy atom. The first kappa shape index (κ1) is 13.4. The van der Waals surface area contributed by atoms with Gasteiger partial charge in [0, 0.05) is 26.6 Å². The molecule has 1 N–H and O–H groups in total. The van der Waals surface area contributed by atoms with Crippen LogP contribution in [0.25, 0.3) is 0 Å². The van der Waals surface area contributed by atoms with Crippen molar-refractivity contribution >= 4 is 5.91 Å². The lowest BCUT2D eigenvalue weighted by Crippen LogP contribution is -2.30. The first-order valence-electron chi connectivity index (χ1n) is 5.04. The van der Waals surface area contributed by atoms with Gasteiger partial charge in [-0.2, -0.15) is 0 Å². The molecule has 0 saturated heterocycles. The summed E-state index contributed by atoms with van der Waals surface area (Å²) < 4.78 is 5.32. The first-order chi connectivity index (χ1) is 6.57. The molecule has 0 heterocycles. The standard InChI is InChI=1S/C10H21NO3/c1-9(2)14-8-6-11(3)10(13)5-4-7-12/h9,12H,4-8H2,1-3H3. The molecule has 84 valence electrons. The highest BCUT2D eigenvalue weighted by molar-refractivity contribution is 5.75. The smallest absolute Gasteiger partial charge is 0.222 e. The number of likely N-dealkylation sites (N-methyl/N-ethyl adjacent to an activating group) is 1. The van der Waals surface area contributed by atoms with Crippen molar-refractivity contribution in [3.8, 4) is 0 Å². The number of aliphatic hydroxyl groups is 1. The highest BCUT2D eigenvalue weighted by Gasteiger charge is 2.07. The molecule has 1 amide bonds. The van der Waals surface area contributed by atoms with Gasteiger partial charge in [0.05, 0.1) is 12.7 Å². The van der Waals surface area contributed by atoms with Crippen LogP contribution in [0.1, 0.15) is 26.7 Å². The molecule has 0 aromatic rings. The second kappa shape index (κ2) is 7.76. The van der Waals surface area contributed by atoms with Crippen LogP contribution in [0, 0.1) is 0 Å². The van der Waals surface area contributed by atoms with Gasteiger partial charge >= 0.3 is 0 Å². The van der Waals surface area contributed by atoms with Crippen molar-refractivity contribution in [3.63, 3.8) is 0 Å². The second-order valence-corrected chi connectivity index (χ2v) is 3.56. The quantitative estimate of drug-likeness (QED) is 0.660. The van der Waals surface area contributed by atoms with E-state index in [9.17, 15) is 4.79 Å². The van der Waals surface area contributed by atoms with Gasteiger partial charge in [-0.1, -0.05) is 0 Å². The number of aliphatic hydroxyl groups excluding tert-OH is 1. The Bertz CT molecular complexity index is 159. The third-order valence-electron chi connectivity index (χ3n) is 1.85. The number of carbonyl (C=O) groups is 1. The van der Waals surface area contributed by atoms with E-state index in [1.54, 1.807) is 11.9 Å². The zero-order valence-corrected chi connectivity index (χ0v) is 9.32. The molecule has 0 bridgehead atoms. The van der Waals surface area contributed by atoms with Gasteiger partial charge < -0.3 is 14.7 Å². The van der Waals surface area contributed by atoms with Crippen molar-refractivity contribution in [2.75, 3.05) is 26.8 Å². The van der Waals surface area contributed by atoms with E-state index in [2.05, 4.69) is 0 Å². The maximum Gasteiger partial charge on any atom is 0.222 e. The summed E-state index contributed by atoms with van der Waals surface area (Å²) in [7, 11) is 1.75. The molecule has 4 nitrogen and oxygen atoms in total. The van der Waals surface area contributed by atoms with Gasteiger partial charge in [0.15, 0.2) is 0 Å². The van der Waals surface area contributed by atoms with Crippen molar-refractivity contribution < 1.29 is 14.6 Å². The van der Waals surface area contributed by atoms with Crippen LogP contribution in [0.5, 0.6) is 0 Å². The molecular formula is C10H21NO3. The number of amides is 1. The van der Waals surface area contributed by atoms with Gasteiger partial charge in [0.25, 0.3) is 0 Å². The highest BCUT2D eigenvalue weighted by atomic mass is 16.5. The molecule has 0 spiro atoms. The summed E-state index contributed by atoms with van der Waals surface area (Å²) in [5.41, 5.74) is 0. The number of hydrogen-bond donors (Lipinski definition) is 1. The maximum atomic E-state index is 11.3. The van der Waals surface area contributed by atoms with Crippen LogP contribution in [-0.4, -0.2) is 48.8 Å². The molecule has 0 radical (unpaired) electrons. The van der Waals surface area contributed by atoms with E-state index < -0.39 is 0 Å². The largest absolute Gasteiger partial charge is 0.396 e. The fourth-order valence-electron chi connectivity index (χ4n) is 0.971. The van der Waals surface area contributed by atoms with Gasteiger partial charge in [0.1, 0.15) is 0 Å². The summed E-state index contributed by atoms with van der Waals surface area (Å²) in [5.74, 6) is 0.0615. The lowest BCUT2D eigenvalue weighted by molar-refractivity contribution is -0.131. The average molecular weight is 203 g/mol. The van der Waals surface area contributed by atoms with E-state index >= 15 is 0 Å². The van der Waals surface area contributed by atoms with E-state index in [4.69, 9.17) is 9.84 Å². The predicted molar refractivity (Wildman–Crippen MR) is 55.0 cm³/mol. The van der Waals surface area contributed by atoms with Crippen LogP contribution in [-0.2, 0) is 9.53 Å². The Labute approximate surface area is 85.9 Å². The van der Waals surface area contributed by atoms with Gasteiger partial charge in [-0.25, -0.2) is 0 Å². The van der Waals surface area contributed by atoms with Crippen molar-refractivity contribution in [3.05, 3.63) is 0 Å². The summed E-state index contributed by atoms with van der Waals surface area (Å²) in [6.45, 7) is 5.19. The van der Waals surface area contributed by atoms with Crippen LogP contribution in [0.2, 0.25) is 0 Å². The Morgan fingerprint density at radius 1 is 1.50 bits per heavy atom. The molecule has 0 aliphatic heterocycles. The Hall–Kier alpha value is -0.610. The van der Waals surface area contributed by atoms with Gasteiger partial charge in [-0.15, -0.1) is 0 Å². The fraction of sp³-hybridized carbons (Fsp3) is 0.900. The molecule has 0 aromatic heterocycles. The molecular weight excluding hydrogens is 182 g/mol. The minimum Gasteiger partial charge on any atom is -0.396 e. The zero-order chi connectivity index (χ0) is 11.0. The van der Waals surface area contributed by atoms with E-state index in [1.165, 1.54) is 0 Å². The Morgan fingerprint density at radius 3 is 2.64 bits per heavy atom. The number of rotatable bonds is 7. The number of carbonyl (C=O) groups excluding carboxylic acids is 1. The van der Waals surface area contributed by atoms with Crippen LogP contribution in [0.3, 0.4) is 0 Å². The Kier molecular flexibility index (Phi) is 7.42. The van der Waals surface area contributed by atoms with Crippen molar-refractivity contribution in [1.29, 1.82) is 0 Å². The molecule has 0 aliphatic carbocycles. The van der Waals surface area contributed by atoms with Crippen LogP contribution < -0.4 is 0 Å². The minimum atomic E-state index is 0.0615. The van der Waals surface area contributed by atoms with Gasteiger partial charge in [-0.05, 0) is 20.3 Å². The first-order valence-corrected chi connectivity index (χ1v) is 5.04. The average Bonchev–Trinajstić information content (AvgIpc) is 2.13. The molecule has 0 aliphatic rings. The molecule has 0 fully saturated rings.